The molecular formula is C22H32N6O3S. The first-order chi connectivity index (χ1) is 15.2. The SMILES string of the molecule is Cc1nn([C@H]2CCS(=O)(=O)C2)c(C)c1CN(C)CC(=O)N1CCN(c2ccccn2)CC1. The molecule has 2 aliphatic heterocycles. The van der Waals surface area contributed by atoms with Crippen molar-refractivity contribution >= 4 is 21.6 Å². The van der Waals surface area contributed by atoms with Crippen molar-refractivity contribution in [1.29, 1.82) is 0 Å². The summed E-state index contributed by atoms with van der Waals surface area (Å²) >= 11 is 0. The highest BCUT2D eigenvalue weighted by Crippen LogP contribution is 2.27. The van der Waals surface area contributed by atoms with Gasteiger partial charge in [-0.25, -0.2) is 13.4 Å². The van der Waals surface area contributed by atoms with E-state index in [-0.39, 0.29) is 23.5 Å². The first-order valence-electron chi connectivity index (χ1n) is 11.1. The third kappa shape index (κ3) is 4.96. The van der Waals surface area contributed by atoms with Gasteiger partial charge in [0.25, 0.3) is 0 Å². The number of anilines is 1. The number of amides is 1. The van der Waals surface area contributed by atoms with Gasteiger partial charge in [-0.15, -0.1) is 0 Å². The molecule has 2 fully saturated rings. The van der Waals surface area contributed by atoms with Crippen LogP contribution in [0.5, 0.6) is 0 Å². The highest BCUT2D eigenvalue weighted by atomic mass is 32.2. The zero-order valence-electron chi connectivity index (χ0n) is 19.1. The average Bonchev–Trinajstić information content (AvgIpc) is 3.27. The number of likely N-dealkylation sites (N-methyl/N-ethyl adjacent to an activating group) is 1. The Morgan fingerprint density at radius 3 is 2.56 bits per heavy atom. The molecule has 2 aliphatic rings. The van der Waals surface area contributed by atoms with E-state index in [1.54, 1.807) is 6.20 Å². The minimum atomic E-state index is -2.97. The first-order valence-corrected chi connectivity index (χ1v) is 12.9. The third-order valence-corrected chi connectivity index (χ3v) is 8.22. The van der Waals surface area contributed by atoms with Crippen molar-refractivity contribution in [2.24, 2.45) is 0 Å². The average molecular weight is 461 g/mol. The second-order valence-electron chi connectivity index (χ2n) is 8.88. The van der Waals surface area contributed by atoms with Crippen LogP contribution in [0.2, 0.25) is 0 Å². The molecular weight excluding hydrogens is 428 g/mol. The number of aryl methyl sites for hydroxylation is 1. The van der Waals surface area contributed by atoms with Gasteiger partial charge in [-0.1, -0.05) is 6.07 Å². The summed E-state index contributed by atoms with van der Waals surface area (Å²) in [5.41, 5.74) is 2.97. The fourth-order valence-electron chi connectivity index (χ4n) is 4.63. The van der Waals surface area contributed by atoms with E-state index >= 15 is 0 Å². The van der Waals surface area contributed by atoms with Crippen LogP contribution in [0.3, 0.4) is 0 Å². The van der Waals surface area contributed by atoms with Gasteiger partial charge in [0.05, 0.1) is 29.8 Å². The van der Waals surface area contributed by atoms with Gasteiger partial charge in [-0.2, -0.15) is 5.10 Å². The van der Waals surface area contributed by atoms with Crippen molar-refractivity contribution < 1.29 is 13.2 Å². The lowest BCUT2D eigenvalue weighted by atomic mass is 10.1. The topological polar surface area (TPSA) is 91.6 Å². The summed E-state index contributed by atoms with van der Waals surface area (Å²) in [6.45, 7) is 7.83. The summed E-state index contributed by atoms with van der Waals surface area (Å²) in [5, 5.41) is 4.64. The lowest BCUT2D eigenvalue weighted by Crippen LogP contribution is -2.51. The van der Waals surface area contributed by atoms with E-state index in [0.29, 0.717) is 32.6 Å². The maximum absolute atomic E-state index is 12.9. The quantitative estimate of drug-likeness (QED) is 0.636. The van der Waals surface area contributed by atoms with Crippen LogP contribution in [-0.2, 0) is 21.2 Å². The van der Waals surface area contributed by atoms with Crippen LogP contribution in [0.4, 0.5) is 5.82 Å². The Labute approximate surface area is 189 Å². The minimum absolute atomic E-state index is 0.0882. The van der Waals surface area contributed by atoms with Crippen LogP contribution < -0.4 is 4.90 Å². The molecule has 32 heavy (non-hydrogen) atoms. The van der Waals surface area contributed by atoms with Crippen LogP contribution >= 0.6 is 0 Å². The summed E-state index contributed by atoms with van der Waals surface area (Å²) in [7, 11) is -1.02. The second kappa shape index (κ2) is 9.19. The number of pyridine rings is 1. The minimum Gasteiger partial charge on any atom is -0.353 e. The zero-order chi connectivity index (χ0) is 22.9. The van der Waals surface area contributed by atoms with Gasteiger partial charge >= 0.3 is 0 Å². The molecule has 9 nitrogen and oxygen atoms in total. The number of hydrogen-bond acceptors (Lipinski definition) is 7. The first kappa shape index (κ1) is 22.7. The summed E-state index contributed by atoms with van der Waals surface area (Å²) in [6.07, 6.45) is 2.40. The molecule has 0 unspecified atom stereocenters. The Kier molecular flexibility index (Phi) is 6.52. The van der Waals surface area contributed by atoms with E-state index in [0.717, 1.165) is 35.9 Å². The molecule has 0 saturated carbocycles. The summed E-state index contributed by atoms with van der Waals surface area (Å²) in [5.74, 6) is 1.47. The normalized spacial score (nSPS) is 20.8. The number of nitrogens with zero attached hydrogens (tertiary/aromatic N) is 6. The van der Waals surface area contributed by atoms with Gasteiger partial charge in [0, 0.05) is 50.2 Å². The molecule has 0 bridgehead atoms. The van der Waals surface area contributed by atoms with Crippen LogP contribution in [0.25, 0.3) is 0 Å². The molecule has 0 spiro atoms. The lowest BCUT2D eigenvalue weighted by Gasteiger charge is -2.36. The summed E-state index contributed by atoms with van der Waals surface area (Å²) in [4.78, 5) is 23.4. The molecule has 1 atom stereocenters. The highest BCUT2D eigenvalue weighted by Gasteiger charge is 2.31. The summed E-state index contributed by atoms with van der Waals surface area (Å²) < 4.78 is 25.6. The Morgan fingerprint density at radius 1 is 1.19 bits per heavy atom. The molecule has 2 aromatic heterocycles. The van der Waals surface area contributed by atoms with Crippen LogP contribution in [-0.4, -0.2) is 90.2 Å². The van der Waals surface area contributed by atoms with Gasteiger partial charge in [0.15, 0.2) is 9.84 Å². The standard InChI is InChI=1S/C22H32N6O3S/c1-17-20(18(2)28(24-17)19-7-13-32(30,31)16-19)14-25(3)15-22(29)27-11-9-26(10-12-27)21-6-4-5-8-23-21/h4-6,8,19H,7,9-16H2,1-3H3/t19-/m0/s1. The van der Waals surface area contributed by atoms with E-state index in [1.807, 2.05) is 53.6 Å². The van der Waals surface area contributed by atoms with E-state index < -0.39 is 9.84 Å². The Bertz CT molecular complexity index is 1060. The van der Waals surface area contributed by atoms with Gasteiger partial charge in [0.2, 0.25) is 5.91 Å². The van der Waals surface area contributed by atoms with Crippen molar-refractivity contribution in [3.05, 3.63) is 41.3 Å². The van der Waals surface area contributed by atoms with Crippen LogP contribution in [0, 0.1) is 13.8 Å². The van der Waals surface area contributed by atoms with Crippen LogP contribution in [0.15, 0.2) is 24.4 Å². The Balaban J connectivity index is 1.32. The summed E-state index contributed by atoms with van der Waals surface area (Å²) in [6, 6.07) is 5.79. The number of sulfone groups is 1. The van der Waals surface area contributed by atoms with E-state index in [2.05, 4.69) is 15.0 Å². The van der Waals surface area contributed by atoms with E-state index in [9.17, 15) is 13.2 Å². The number of carbonyl (C=O) groups is 1. The Hall–Kier alpha value is -2.46. The highest BCUT2D eigenvalue weighted by molar-refractivity contribution is 7.91. The molecule has 0 aromatic carbocycles. The van der Waals surface area contributed by atoms with Gasteiger partial charge in [-0.05, 0) is 39.4 Å². The fraction of sp³-hybridized carbons (Fsp3) is 0.591. The number of rotatable bonds is 6. The van der Waals surface area contributed by atoms with Crippen molar-refractivity contribution in [3.8, 4) is 0 Å². The molecule has 4 heterocycles. The van der Waals surface area contributed by atoms with Gasteiger partial charge in [-0.3, -0.25) is 14.4 Å². The third-order valence-electron chi connectivity index (χ3n) is 6.47. The van der Waals surface area contributed by atoms with Gasteiger partial charge in [0.1, 0.15) is 5.82 Å². The molecule has 0 N–H and O–H groups in total. The lowest BCUT2D eigenvalue weighted by molar-refractivity contribution is -0.132. The van der Waals surface area contributed by atoms with E-state index in [1.165, 1.54) is 0 Å². The molecule has 0 radical (unpaired) electrons. The van der Waals surface area contributed by atoms with Crippen molar-refractivity contribution in [2.75, 3.05) is 56.2 Å². The van der Waals surface area contributed by atoms with E-state index in [4.69, 9.17) is 0 Å². The predicted molar refractivity (Wildman–Crippen MR) is 123 cm³/mol. The maximum Gasteiger partial charge on any atom is 0.236 e. The molecule has 2 aromatic rings. The number of carbonyl (C=O) groups excluding carboxylic acids is 1. The monoisotopic (exact) mass is 460 g/mol. The largest absolute Gasteiger partial charge is 0.353 e. The molecule has 10 heteroatoms. The van der Waals surface area contributed by atoms with Gasteiger partial charge < -0.3 is 9.80 Å². The Morgan fingerprint density at radius 2 is 1.94 bits per heavy atom. The van der Waals surface area contributed by atoms with Crippen molar-refractivity contribution in [3.63, 3.8) is 0 Å². The number of hydrogen-bond donors (Lipinski definition) is 0. The molecule has 174 valence electrons. The zero-order valence-corrected chi connectivity index (χ0v) is 19.9. The van der Waals surface area contributed by atoms with Crippen LogP contribution in [0.1, 0.15) is 29.4 Å². The maximum atomic E-state index is 12.9. The molecule has 0 aliphatic carbocycles. The van der Waals surface area contributed by atoms with Crippen molar-refractivity contribution in [2.45, 2.75) is 32.9 Å². The fourth-order valence-corrected chi connectivity index (χ4v) is 6.32. The van der Waals surface area contributed by atoms with Crippen molar-refractivity contribution in [1.82, 2.24) is 24.6 Å². The number of piperazine rings is 1. The smallest absolute Gasteiger partial charge is 0.236 e. The second-order valence-corrected chi connectivity index (χ2v) is 11.1. The predicted octanol–water partition coefficient (Wildman–Crippen LogP) is 1.04. The molecule has 1 amide bonds. The molecule has 4 rings (SSSR count). The molecule has 2 saturated heterocycles. The number of aromatic nitrogens is 3.